The number of aromatic nitrogens is 2. The molecule has 94 valence electrons. The summed E-state index contributed by atoms with van der Waals surface area (Å²) in [6.07, 6.45) is 3.16. The topological polar surface area (TPSA) is 50.3 Å². The Morgan fingerprint density at radius 2 is 2.35 bits per heavy atom. The Labute approximate surface area is 102 Å². The van der Waals surface area contributed by atoms with Crippen molar-refractivity contribution in [2.75, 3.05) is 37.0 Å². The van der Waals surface area contributed by atoms with Gasteiger partial charge < -0.3 is 15.0 Å². The molecular formula is C12H20N4O. The van der Waals surface area contributed by atoms with Crippen LogP contribution in [0.15, 0.2) is 6.20 Å². The second-order valence-electron chi connectivity index (χ2n) is 4.43. The number of rotatable bonds is 2. The van der Waals surface area contributed by atoms with Gasteiger partial charge in [-0.3, -0.25) is 0 Å². The minimum absolute atomic E-state index is 0.255. The van der Waals surface area contributed by atoms with Crippen molar-refractivity contribution in [3.8, 4) is 0 Å². The molecule has 0 bridgehead atoms. The summed E-state index contributed by atoms with van der Waals surface area (Å²) < 4.78 is 5.65. The lowest BCUT2D eigenvalue weighted by Crippen LogP contribution is -2.31. The van der Waals surface area contributed by atoms with Crippen molar-refractivity contribution < 1.29 is 4.74 Å². The molecule has 1 atom stereocenters. The molecule has 0 amide bonds. The number of nitrogens with zero attached hydrogens (tertiary/aromatic N) is 3. The highest BCUT2D eigenvalue weighted by atomic mass is 16.5. The molecule has 5 heteroatoms. The number of aryl methyl sites for hydroxylation is 1. The summed E-state index contributed by atoms with van der Waals surface area (Å²) in [5.41, 5.74) is 1.11. The molecule has 0 aliphatic carbocycles. The van der Waals surface area contributed by atoms with Gasteiger partial charge in [0.25, 0.3) is 0 Å². The highest BCUT2D eigenvalue weighted by Crippen LogP contribution is 2.20. The zero-order valence-electron chi connectivity index (χ0n) is 10.7. The van der Waals surface area contributed by atoms with E-state index in [4.69, 9.17) is 4.74 Å². The van der Waals surface area contributed by atoms with Crippen LogP contribution < -0.4 is 10.2 Å². The van der Waals surface area contributed by atoms with Crippen LogP contribution in [0.3, 0.4) is 0 Å². The normalized spacial score (nSPS) is 21.1. The van der Waals surface area contributed by atoms with Gasteiger partial charge in [0.05, 0.1) is 6.10 Å². The van der Waals surface area contributed by atoms with E-state index in [0.29, 0.717) is 5.95 Å². The fourth-order valence-corrected chi connectivity index (χ4v) is 2.06. The number of hydrogen-bond donors (Lipinski definition) is 1. The van der Waals surface area contributed by atoms with Gasteiger partial charge in [0.1, 0.15) is 5.82 Å². The van der Waals surface area contributed by atoms with Crippen LogP contribution in [-0.2, 0) is 4.74 Å². The Morgan fingerprint density at radius 3 is 3.12 bits per heavy atom. The molecule has 2 rings (SSSR count). The predicted octanol–water partition coefficient (Wildman–Crippen LogP) is 1.44. The van der Waals surface area contributed by atoms with Gasteiger partial charge >= 0.3 is 0 Å². The Hall–Kier alpha value is -1.36. The third-order valence-electron chi connectivity index (χ3n) is 2.92. The Balaban J connectivity index is 2.24. The molecular weight excluding hydrogens is 216 g/mol. The van der Waals surface area contributed by atoms with Crippen molar-refractivity contribution in [2.45, 2.75) is 26.4 Å². The molecule has 5 nitrogen and oxygen atoms in total. The van der Waals surface area contributed by atoms with Crippen molar-refractivity contribution in [2.24, 2.45) is 0 Å². The molecule has 1 saturated heterocycles. The van der Waals surface area contributed by atoms with Gasteiger partial charge in [-0.2, -0.15) is 4.98 Å². The summed E-state index contributed by atoms with van der Waals surface area (Å²) in [6, 6.07) is 0. The van der Waals surface area contributed by atoms with E-state index in [2.05, 4.69) is 27.1 Å². The lowest BCUT2D eigenvalue weighted by atomic mass is 10.3. The molecule has 0 spiro atoms. The second-order valence-corrected chi connectivity index (χ2v) is 4.43. The summed E-state index contributed by atoms with van der Waals surface area (Å²) in [6.45, 7) is 6.87. The SMILES string of the molecule is CNc1ncc(C)c(N2CCCOC(C)C2)n1. The third-order valence-corrected chi connectivity index (χ3v) is 2.92. The van der Waals surface area contributed by atoms with Crippen LogP contribution in [0.25, 0.3) is 0 Å². The summed E-state index contributed by atoms with van der Waals surface area (Å²) in [4.78, 5) is 11.0. The summed E-state index contributed by atoms with van der Waals surface area (Å²) in [5.74, 6) is 1.69. The average Bonchev–Trinajstić information content (AvgIpc) is 2.54. The van der Waals surface area contributed by atoms with Crippen LogP contribution >= 0.6 is 0 Å². The molecule has 1 fully saturated rings. The molecule has 17 heavy (non-hydrogen) atoms. The zero-order chi connectivity index (χ0) is 12.3. The van der Waals surface area contributed by atoms with Crippen LogP contribution in [0, 0.1) is 6.92 Å². The molecule has 1 aromatic heterocycles. The fourth-order valence-electron chi connectivity index (χ4n) is 2.06. The first-order valence-corrected chi connectivity index (χ1v) is 6.08. The van der Waals surface area contributed by atoms with E-state index in [1.54, 1.807) is 0 Å². The Morgan fingerprint density at radius 1 is 1.53 bits per heavy atom. The van der Waals surface area contributed by atoms with Crippen molar-refractivity contribution in [1.82, 2.24) is 9.97 Å². The quantitative estimate of drug-likeness (QED) is 0.842. The van der Waals surface area contributed by atoms with Gasteiger partial charge in [0.15, 0.2) is 0 Å². The maximum atomic E-state index is 5.65. The van der Waals surface area contributed by atoms with Gasteiger partial charge in [-0.15, -0.1) is 0 Å². The van der Waals surface area contributed by atoms with E-state index in [9.17, 15) is 0 Å². The summed E-state index contributed by atoms with van der Waals surface area (Å²) in [7, 11) is 1.84. The standard InChI is InChI=1S/C12H20N4O/c1-9-7-14-12(13-3)15-11(9)16-5-4-6-17-10(2)8-16/h7,10H,4-6,8H2,1-3H3,(H,13,14,15). The largest absolute Gasteiger partial charge is 0.377 e. The first kappa shape index (κ1) is 12.1. The van der Waals surface area contributed by atoms with Crippen molar-refractivity contribution in [3.63, 3.8) is 0 Å². The fraction of sp³-hybridized carbons (Fsp3) is 0.667. The van der Waals surface area contributed by atoms with Crippen molar-refractivity contribution in [1.29, 1.82) is 0 Å². The third kappa shape index (κ3) is 2.85. The van der Waals surface area contributed by atoms with E-state index >= 15 is 0 Å². The van der Waals surface area contributed by atoms with E-state index in [1.165, 1.54) is 0 Å². The second kappa shape index (κ2) is 5.31. The minimum atomic E-state index is 0.255. The lowest BCUT2D eigenvalue weighted by molar-refractivity contribution is 0.0820. The van der Waals surface area contributed by atoms with Gasteiger partial charge in [-0.05, 0) is 20.3 Å². The number of anilines is 2. The maximum Gasteiger partial charge on any atom is 0.224 e. The van der Waals surface area contributed by atoms with Crippen LogP contribution in [-0.4, -0.2) is 42.8 Å². The first-order chi connectivity index (χ1) is 8.20. The van der Waals surface area contributed by atoms with Crippen molar-refractivity contribution >= 4 is 11.8 Å². The van der Waals surface area contributed by atoms with Gasteiger partial charge in [-0.1, -0.05) is 0 Å². The van der Waals surface area contributed by atoms with Crippen LogP contribution in [0.5, 0.6) is 0 Å². The Bertz CT molecular complexity index is 383. The van der Waals surface area contributed by atoms with Crippen molar-refractivity contribution in [3.05, 3.63) is 11.8 Å². The molecule has 0 saturated carbocycles. The molecule has 0 radical (unpaired) electrons. The smallest absolute Gasteiger partial charge is 0.224 e. The predicted molar refractivity (Wildman–Crippen MR) is 68.6 cm³/mol. The van der Waals surface area contributed by atoms with Crippen LogP contribution in [0.4, 0.5) is 11.8 Å². The molecule has 0 aromatic carbocycles. The molecule has 1 aromatic rings. The summed E-state index contributed by atoms with van der Waals surface area (Å²) in [5, 5.41) is 2.98. The molecule has 1 aliphatic rings. The average molecular weight is 236 g/mol. The van der Waals surface area contributed by atoms with Gasteiger partial charge in [0, 0.05) is 38.5 Å². The molecule has 1 unspecified atom stereocenters. The first-order valence-electron chi connectivity index (χ1n) is 6.08. The van der Waals surface area contributed by atoms with Crippen LogP contribution in [0.2, 0.25) is 0 Å². The van der Waals surface area contributed by atoms with E-state index in [-0.39, 0.29) is 6.10 Å². The molecule has 1 aliphatic heterocycles. The Kier molecular flexibility index (Phi) is 3.78. The van der Waals surface area contributed by atoms with E-state index in [1.807, 2.05) is 20.2 Å². The molecule has 2 heterocycles. The van der Waals surface area contributed by atoms with E-state index < -0.39 is 0 Å². The monoisotopic (exact) mass is 236 g/mol. The number of ether oxygens (including phenoxy) is 1. The van der Waals surface area contributed by atoms with Crippen LogP contribution in [0.1, 0.15) is 18.9 Å². The lowest BCUT2D eigenvalue weighted by Gasteiger charge is -2.24. The highest BCUT2D eigenvalue weighted by Gasteiger charge is 2.18. The van der Waals surface area contributed by atoms with Gasteiger partial charge in [-0.25, -0.2) is 4.98 Å². The maximum absolute atomic E-state index is 5.65. The number of hydrogen-bond acceptors (Lipinski definition) is 5. The zero-order valence-corrected chi connectivity index (χ0v) is 10.7. The summed E-state index contributed by atoms with van der Waals surface area (Å²) >= 11 is 0. The number of nitrogens with one attached hydrogen (secondary N) is 1. The van der Waals surface area contributed by atoms with E-state index in [0.717, 1.165) is 37.5 Å². The van der Waals surface area contributed by atoms with Gasteiger partial charge in [0.2, 0.25) is 5.95 Å². The highest BCUT2D eigenvalue weighted by molar-refractivity contribution is 5.49. The minimum Gasteiger partial charge on any atom is -0.377 e. The molecule has 1 N–H and O–H groups in total.